The second-order valence-corrected chi connectivity index (χ2v) is 5.84. The number of carbonyl (C=O) groups is 1. The topological polar surface area (TPSA) is 65.0 Å². The Kier molecular flexibility index (Phi) is 3.48. The predicted molar refractivity (Wildman–Crippen MR) is 75.6 cm³/mol. The Hall–Kier alpha value is -1.82. The van der Waals surface area contributed by atoms with Crippen LogP contribution in [0, 0.1) is 6.92 Å². The Bertz CT molecular complexity index is 636. The van der Waals surface area contributed by atoms with Crippen molar-refractivity contribution in [1.82, 2.24) is 15.0 Å². The van der Waals surface area contributed by atoms with Gasteiger partial charge in [-0.05, 0) is 32.3 Å². The molecule has 5 nitrogen and oxygen atoms in total. The highest BCUT2D eigenvalue weighted by atomic mass is 32.1. The van der Waals surface area contributed by atoms with Crippen LogP contribution >= 0.6 is 11.3 Å². The molecule has 0 bridgehead atoms. The fourth-order valence-electron chi connectivity index (χ4n) is 2.30. The lowest BCUT2D eigenvalue weighted by atomic mass is 10.1. The molecule has 2 heterocycles. The second-order valence-electron chi connectivity index (χ2n) is 4.75. The van der Waals surface area contributed by atoms with E-state index in [0.717, 1.165) is 34.0 Å². The van der Waals surface area contributed by atoms with E-state index in [4.69, 9.17) is 4.74 Å². The first-order valence-corrected chi connectivity index (χ1v) is 7.46. The molecule has 1 aliphatic rings. The average Bonchev–Trinajstić information content (AvgIpc) is 2.99. The van der Waals surface area contributed by atoms with Gasteiger partial charge < -0.3 is 4.74 Å². The van der Waals surface area contributed by atoms with Gasteiger partial charge in [0, 0.05) is 17.3 Å². The molecule has 0 spiro atoms. The Balaban J connectivity index is 1.90. The maximum atomic E-state index is 11.9. The molecule has 0 amide bonds. The molecule has 104 valence electrons. The highest BCUT2D eigenvalue weighted by molar-refractivity contribution is 7.15. The number of carbonyl (C=O) groups excluding carboxylic acids is 1. The standard InChI is InChI=1S/C14H15N3O2S/c1-3-19-14(18)9-4-5-10-11(9)17-13(20-10)12-15-6-8(2)7-16-12/h6-7,9H,3-5H2,1-2H3. The average molecular weight is 289 g/mol. The zero-order valence-electron chi connectivity index (χ0n) is 11.4. The number of esters is 1. The summed E-state index contributed by atoms with van der Waals surface area (Å²) in [6, 6.07) is 0. The molecular weight excluding hydrogens is 274 g/mol. The molecule has 0 fully saturated rings. The van der Waals surface area contributed by atoms with Gasteiger partial charge in [-0.1, -0.05) is 0 Å². The van der Waals surface area contributed by atoms with E-state index in [1.54, 1.807) is 23.7 Å². The van der Waals surface area contributed by atoms with Gasteiger partial charge in [0.1, 0.15) is 5.92 Å². The zero-order valence-corrected chi connectivity index (χ0v) is 12.2. The van der Waals surface area contributed by atoms with Gasteiger partial charge in [0.2, 0.25) is 0 Å². The fraction of sp³-hybridized carbons (Fsp3) is 0.429. The number of thiazole rings is 1. The molecule has 1 aliphatic carbocycles. The summed E-state index contributed by atoms with van der Waals surface area (Å²) in [5.41, 5.74) is 1.87. The van der Waals surface area contributed by atoms with Crippen molar-refractivity contribution in [2.24, 2.45) is 0 Å². The summed E-state index contributed by atoms with van der Waals surface area (Å²) in [5, 5.41) is 0.781. The van der Waals surface area contributed by atoms with E-state index in [0.29, 0.717) is 12.4 Å². The van der Waals surface area contributed by atoms with Crippen molar-refractivity contribution >= 4 is 17.3 Å². The summed E-state index contributed by atoms with van der Waals surface area (Å²) >= 11 is 1.58. The summed E-state index contributed by atoms with van der Waals surface area (Å²) in [6.45, 7) is 4.17. The molecule has 2 aromatic heterocycles. The van der Waals surface area contributed by atoms with E-state index >= 15 is 0 Å². The van der Waals surface area contributed by atoms with Crippen molar-refractivity contribution < 1.29 is 9.53 Å². The Morgan fingerprint density at radius 1 is 1.45 bits per heavy atom. The molecule has 0 radical (unpaired) electrons. The highest BCUT2D eigenvalue weighted by Crippen LogP contribution is 2.39. The highest BCUT2D eigenvalue weighted by Gasteiger charge is 2.34. The van der Waals surface area contributed by atoms with E-state index in [2.05, 4.69) is 15.0 Å². The van der Waals surface area contributed by atoms with Gasteiger partial charge >= 0.3 is 5.97 Å². The molecule has 0 aliphatic heterocycles. The first-order valence-electron chi connectivity index (χ1n) is 6.64. The number of aryl methyl sites for hydroxylation is 2. The van der Waals surface area contributed by atoms with Crippen LogP contribution in [0.25, 0.3) is 10.8 Å². The van der Waals surface area contributed by atoms with E-state index < -0.39 is 0 Å². The van der Waals surface area contributed by atoms with Gasteiger partial charge in [-0.2, -0.15) is 0 Å². The molecule has 0 saturated carbocycles. The molecule has 3 rings (SSSR count). The van der Waals surface area contributed by atoms with Gasteiger partial charge in [-0.25, -0.2) is 15.0 Å². The van der Waals surface area contributed by atoms with Gasteiger partial charge in [0.05, 0.1) is 12.3 Å². The monoisotopic (exact) mass is 289 g/mol. The summed E-state index contributed by atoms with van der Waals surface area (Å²) in [6.07, 6.45) is 5.22. The van der Waals surface area contributed by atoms with E-state index in [-0.39, 0.29) is 11.9 Å². The first-order chi connectivity index (χ1) is 9.69. The van der Waals surface area contributed by atoms with Crippen molar-refractivity contribution in [3.8, 4) is 10.8 Å². The van der Waals surface area contributed by atoms with Crippen molar-refractivity contribution in [2.75, 3.05) is 6.61 Å². The van der Waals surface area contributed by atoms with E-state index in [1.165, 1.54) is 0 Å². The number of hydrogen-bond acceptors (Lipinski definition) is 6. The lowest BCUT2D eigenvalue weighted by molar-refractivity contribution is -0.145. The molecule has 1 unspecified atom stereocenters. The van der Waals surface area contributed by atoms with Crippen LogP contribution < -0.4 is 0 Å². The van der Waals surface area contributed by atoms with Gasteiger partial charge in [0.25, 0.3) is 0 Å². The van der Waals surface area contributed by atoms with Crippen LogP contribution in [-0.4, -0.2) is 27.5 Å². The number of nitrogens with zero attached hydrogens (tertiary/aromatic N) is 3. The molecule has 1 atom stereocenters. The summed E-state index contributed by atoms with van der Waals surface area (Å²) < 4.78 is 5.11. The Morgan fingerprint density at radius 3 is 2.90 bits per heavy atom. The number of fused-ring (bicyclic) bond motifs is 1. The molecule has 20 heavy (non-hydrogen) atoms. The molecule has 6 heteroatoms. The third-order valence-corrected chi connectivity index (χ3v) is 4.39. The van der Waals surface area contributed by atoms with E-state index in [9.17, 15) is 4.79 Å². The Labute approximate surface area is 121 Å². The third kappa shape index (κ3) is 2.31. The Morgan fingerprint density at radius 2 is 2.20 bits per heavy atom. The summed E-state index contributed by atoms with van der Waals surface area (Å²) in [5.74, 6) is 0.228. The minimum atomic E-state index is -0.222. The molecule has 0 aromatic carbocycles. The maximum absolute atomic E-state index is 11.9. The number of ether oxygens (including phenoxy) is 1. The number of rotatable bonds is 3. The van der Waals surface area contributed by atoms with Gasteiger partial charge in [0.15, 0.2) is 10.8 Å². The summed E-state index contributed by atoms with van der Waals surface area (Å²) in [7, 11) is 0. The minimum Gasteiger partial charge on any atom is -0.465 e. The van der Waals surface area contributed by atoms with Crippen molar-refractivity contribution in [3.05, 3.63) is 28.5 Å². The molecule has 2 aromatic rings. The lowest BCUT2D eigenvalue weighted by Crippen LogP contribution is -2.14. The SMILES string of the molecule is CCOC(=O)C1CCc2sc(-c3ncc(C)cn3)nc21. The molecular formula is C14H15N3O2S. The second kappa shape index (κ2) is 5.28. The normalized spacial score (nSPS) is 17.0. The minimum absolute atomic E-state index is 0.173. The number of aromatic nitrogens is 3. The summed E-state index contributed by atoms with van der Waals surface area (Å²) in [4.78, 5) is 26.2. The van der Waals surface area contributed by atoms with Crippen molar-refractivity contribution in [3.63, 3.8) is 0 Å². The van der Waals surface area contributed by atoms with Crippen LogP contribution in [-0.2, 0) is 16.0 Å². The van der Waals surface area contributed by atoms with Crippen LogP contribution in [0.5, 0.6) is 0 Å². The molecule has 0 N–H and O–H groups in total. The number of hydrogen-bond donors (Lipinski definition) is 0. The lowest BCUT2D eigenvalue weighted by Gasteiger charge is -2.07. The third-order valence-electron chi connectivity index (χ3n) is 3.26. The van der Waals surface area contributed by atoms with Crippen molar-refractivity contribution in [2.45, 2.75) is 32.6 Å². The van der Waals surface area contributed by atoms with Crippen LogP contribution in [0.15, 0.2) is 12.4 Å². The van der Waals surface area contributed by atoms with Gasteiger partial charge in [-0.3, -0.25) is 4.79 Å². The largest absolute Gasteiger partial charge is 0.465 e. The predicted octanol–water partition coefficient (Wildman–Crippen LogP) is 2.50. The smallest absolute Gasteiger partial charge is 0.315 e. The maximum Gasteiger partial charge on any atom is 0.315 e. The van der Waals surface area contributed by atoms with Crippen LogP contribution in [0.2, 0.25) is 0 Å². The fourth-order valence-corrected chi connectivity index (χ4v) is 3.38. The molecule has 0 saturated heterocycles. The van der Waals surface area contributed by atoms with Crippen LogP contribution in [0.1, 0.15) is 35.4 Å². The van der Waals surface area contributed by atoms with Gasteiger partial charge in [-0.15, -0.1) is 11.3 Å². The zero-order chi connectivity index (χ0) is 14.1. The quantitative estimate of drug-likeness (QED) is 0.812. The van der Waals surface area contributed by atoms with Crippen LogP contribution in [0.4, 0.5) is 0 Å². The first kappa shape index (κ1) is 13.2. The van der Waals surface area contributed by atoms with E-state index in [1.807, 2.05) is 13.8 Å². The van der Waals surface area contributed by atoms with Crippen molar-refractivity contribution in [1.29, 1.82) is 0 Å². The van der Waals surface area contributed by atoms with Crippen LogP contribution in [0.3, 0.4) is 0 Å².